The van der Waals surface area contributed by atoms with Gasteiger partial charge in [0.1, 0.15) is 0 Å². The second-order valence-corrected chi connectivity index (χ2v) is 3.38. The van der Waals surface area contributed by atoms with Crippen LogP contribution < -0.4 is 5.32 Å². The lowest BCUT2D eigenvalue weighted by Crippen LogP contribution is -2.37. The van der Waals surface area contributed by atoms with Gasteiger partial charge in [-0.2, -0.15) is 0 Å². The van der Waals surface area contributed by atoms with Crippen LogP contribution in [0.1, 0.15) is 26.7 Å². The first kappa shape index (κ1) is 10.0. The van der Waals surface area contributed by atoms with Crippen molar-refractivity contribution in [1.29, 1.82) is 0 Å². The fourth-order valence-corrected chi connectivity index (χ4v) is 1.62. The molecule has 74 valence electrons. The van der Waals surface area contributed by atoms with E-state index in [0.717, 1.165) is 13.0 Å². The number of carbonyl (C=O) groups is 2. The molecule has 4 nitrogen and oxygen atoms in total. The summed E-state index contributed by atoms with van der Waals surface area (Å²) < 4.78 is 0. The van der Waals surface area contributed by atoms with Gasteiger partial charge in [-0.1, -0.05) is 6.92 Å². The van der Waals surface area contributed by atoms with Gasteiger partial charge in [-0.25, -0.2) is 0 Å². The third-order valence-electron chi connectivity index (χ3n) is 2.25. The Morgan fingerprint density at radius 2 is 2.23 bits per heavy atom. The molecule has 0 aliphatic carbocycles. The number of carbonyl (C=O) groups excluding carboxylic acids is 2. The van der Waals surface area contributed by atoms with Gasteiger partial charge in [-0.15, -0.1) is 0 Å². The predicted molar refractivity (Wildman–Crippen MR) is 49.1 cm³/mol. The van der Waals surface area contributed by atoms with Crippen molar-refractivity contribution < 1.29 is 9.59 Å². The SMILES string of the molecule is CCC(=O)N1CC[C@@H](NC(C)=O)C1. The standard InChI is InChI=1S/C9H16N2O2/c1-3-9(13)11-5-4-8(6-11)10-7(2)12/h8H,3-6H2,1-2H3,(H,10,12)/t8-/m1/s1. The molecule has 0 aromatic carbocycles. The Morgan fingerprint density at radius 3 is 2.77 bits per heavy atom. The number of amides is 2. The molecule has 0 bridgehead atoms. The van der Waals surface area contributed by atoms with Crippen molar-refractivity contribution >= 4 is 11.8 Å². The highest BCUT2D eigenvalue weighted by molar-refractivity contribution is 5.77. The molecule has 1 rings (SSSR count). The minimum absolute atomic E-state index is 0.0178. The van der Waals surface area contributed by atoms with E-state index in [1.807, 2.05) is 6.92 Å². The summed E-state index contributed by atoms with van der Waals surface area (Å²) in [5, 5.41) is 2.82. The number of hydrogen-bond acceptors (Lipinski definition) is 2. The van der Waals surface area contributed by atoms with Gasteiger partial charge < -0.3 is 10.2 Å². The summed E-state index contributed by atoms with van der Waals surface area (Å²) in [6, 6.07) is 0.160. The average molecular weight is 184 g/mol. The molecule has 0 aromatic rings. The van der Waals surface area contributed by atoms with E-state index in [-0.39, 0.29) is 17.9 Å². The van der Waals surface area contributed by atoms with Crippen molar-refractivity contribution in [1.82, 2.24) is 10.2 Å². The van der Waals surface area contributed by atoms with Crippen LogP contribution in [0.15, 0.2) is 0 Å². The first-order valence-corrected chi connectivity index (χ1v) is 4.68. The maximum Gasteiger partial charge on any atom is 0.222 e. The Bertz CT molecular complexity index is 216. The third-order valence-corrected chi connectivity index (χ3v) is 2.25. The van der Waals surface area contributed by atoms with Crippen molar-refractivity contribution in [2.45, 2.75) is 32.7 Å². The van der Waals surface area contributed by atoms with Gasteiger partial charge in [-0.05, 0) is 6.42 Å². The Labute approximate surface area is 78.3 Å². The lowest BCUT2D eigenvalue weighted by atomic mass is 10.2. The Balaban J connectivity index is 2.36. The summed E-state index contributed by atoms with van der Waals surface area (Å²) in [5.74, 6) is 0.156. The molecular weight excluding hydrogens is 168 g/mol. The Hall–Kier alpha value is -1.06. The van der Waals surface area contributed by atoms with Crippen LogP contribution in [0.3, 0.4) is 0 Å². The summed E-state index contributed by atoms with van der Waals surface area (Å²) in [5.41, 5.74) is 0. The smallest absolute Gasteiger partial charge is 0.222 e. The summed E-state index contributed by atoms with van der Waals surface area (Å²) >= 11 is 0. The molecule has 0 aromatic heterocycles. The van der Waals surface area contributed by atoms with E-state index >= 15 is 0 Å². The number of nitrogens with one attached hydrogen (secondary N) is 1. The van der Waals surface area contributed by atoms with Crippen molar-refractivity contribution in [2.75, 3.05) is 13.1 Å². The number of rotatable bonds is 2. The Kier molecular flexibility index (Phi) is 3.28. The quantitative estimate of drug-likeness (QED) is 0.663. The van der Waals surface area contributed by atoms with E-state index in [9.17, 15) is 9.59 Å². The van der Waals surface area contributed by atoms with Gasteiger partial charge in [0.15, 0.2) is 0 Å². The number of hydrogen-bond donors (Lipinski definition) is 1. The van der Waals surface area contributed by atoms with Crippen LogP contribution in [0.5, 0.6) is 0 Å². The second-order valence-electron chi connectivity index (χ2n) is 3.38. The molecule has 1 aliphatic heterocycles. The summed E-state index contributed by atoms with van der Waals surface area (Å²) in [7, 11) is 0. The van der Waals surface area contributed by atoms with Crippen LogP contribution in [0.4, 0.5) is 0 Å². The maximum absolute atomic E-state index is 11.3. The van der Waals surface area contributed by atoms with Crippen LogP contribution in [0, 0.1) is 0 Å². The van der Waals surface area contributed by atoms with Crippen molar-refractivity contribution in [3.63, 3.8) is 0 Å². The molecule has 2 amide bonds. The van der Waals surface area contributed by atoms with Crippen LogP contribution in [-0.4, -0.2) is 35.8 Å². The molecular formula is C9H16N2O2. The monoisotopic (exact) mass is 184 g/mol. The Morgan fingerprint density at radius 1 is 1.54 bits per heavy atom. The van der Waals surface area contributed by atoms with E-state index < -0.39 is 0 Å². The van der Waals surface area contributed by atoms with Crippen molar-refractivity contribution in [3.05, 3.63) is 0 Å². The lowest BCUT2D eigenvalue weighted by molar-refractivity contribution is -0.130. The zero-order chi connectivity index (χ0) is 9.84. The molecule has 4 heteroatoms. The van der Waals surface area contributed by atoms with Gasteiger partial charge in [-0.3, -0.25) is 9.59 Å². The molecule has 0 spiro atoms. The van der Waals surface area contributed by atoms with E-state index in [1.54, 1.807) is 4.90 Å². The zero-order valence-electron chi connectivity index (χ0n) is 8.17. The molecule has 1 atom stereocenters. The van der Waals surface area contributed by atoms with E-state index in [1.165, 1.54) is 6.92 Å². The predicted octanol–water partition coefficient (Wildman–Crippen LogP) is 0.133. The van der Waals surface area contributed by atoms with Gasteiger partial charge in [0.05, 0.1) is 0 Å². The lowest BCUT2D eigenvalue weighted by Gasteiger charge is -2.15. The molecule has 1 heterocycles. The van der Waals surface area contributed by atoms with Crippen LogP contribution in [0.2, 0.25) is 0 Å². The fraction of sp³-hybridized carbons (Fsp3) is 0.778. The highest BCUT2D eigenvalue weighted by Crippen LogP contribution is 2.09. The average Bonchev–Trinajstić information content (AvgIpc) is 2.50. The minimum atomic E-state index is -0.0178. The van der Waals surface area contributed by atoms with Crippen LogP contribution >= 0.6 is 0 Å². The highest BCUT2D eigenvalue weighted by atomic mass is 16.2. The molecule has 0 unspecified atom stereocenters. The van der Waals surface area contributed by atoms with Gasteiger partial charge in [0, 0.05) is 32.5 Å². The number of likely N-dealkylation sites (tertiary alicyclic amines) is 1. The zero-order valence-corrected chi connectivity index (χ0v) is 8.17. The topological polar surface area (TPSA) is 49.4 Å². The van der Waals surface area contributed by atoms with Crippen LogP contribution in [-0.2, 0) is 9.59 Å². The van der Waals surface area contributed by atoms with Crippen molar-refractivity contribution in [3.8, 4) is 0 Å². The minimum Gasteiger partial charge on any atom is -0.352 e. The normalized spacial score (nSPS) is 21.7. The molecule has 0 saturated carbocycles. The first-order valence-electron chi connectivity index (χ1n) is 4.68. The highest BCUT2D eigenvalue weighted by Gasteiger charge is 2.25. The van der Waals surface area contributed by atoms with E-state index in [2.05, 4.69) is 5.32 Å². The molecule has 13 heavy (non-hydrogen) atoms. The maximum atomic E-state index is 11.3. The summed E-state index contributed by atoms with van der Waals surface area (Å²) in [6.07, 6.45) is 1.43. The largest absolute Gasteiger partial charge is 0.352 e. The van der Waals surface area contributed by atoms with Gasteiger partial charge in [0.2, 0.25) is 11.8 Å². The fourth-order valence-electron chi connectivity index (χ4n) is 1.62. The first-order chi connectivity index (χ1) is 6.13. The van der Waals surface area contributed by atoms with Gasteiger partial charge >= 0.3 is 0 Å². The number of nitrogens with zero attached hydrogens (tertiary/aromatic N) is 1. The second kappa shape index (κ2) is 4.25. The molecule has 0 radical (unpaired) electrons. The summed E-state index contributed by atoms with van der Waals surface area (Å²) in [4.78, 5) is 23.8. The van der Waals surface area contributed by atoms with E-state index in [4.69, 9.17) is 0 Å². The molecule has 1 aliphatic rings. The van der Waals surface area contributed by atoms with Crippen LogP contribution in [0.25, 0.3) is 0 Å². The molecule has 1 saturated heterocycles. The van der Waals surface area contributed by atoms with Gasteiger partial charge in [0.25, 0.3) is 0 Å². The third kappa shape index (κ3) is 2.72. The van der Waals surface area contributed by atoms with Crippen molar-refractivity contribution in [2.24, 2.45) is 0 Å². The molecule has 1 N–H and O–H groups in total. The van der Waals surface area contributed by atoms with E-state index in [0.29, 0.717) is 13.0 Å². The molecule has 1 fully saturated rings. The summed E-state index contributed by atoms with van der Waals surface area (Å²) in [6.45, 7) is 4.81.